The highest BCUT2D eigenvalue weighted by molar-refractivity contribution is 6.35. The summed E-state index contributed by atoms with van der Waals surface area (Å²) in [5.41, 5.74) is 0.202. The third-order valence-corrected chi connectivity index (χ3v) is 3.00. The summed E-state index contributed by atoms with van der Waals surface area (Å²) >= 11 is 5.70. The lowest BCUT2D eigenvalue weighted by Crippen LogP contribution is -2.05. The Labute approximate surface area is 112 Å². The van der Waals surface area contributed by atoms with E-state index in [-0.39, 0.29) is 16.1 Å². The van der Waals surface area contributed by atoms with Gasteiger partial charge in [0.05, 0.1) is 5.02 Å². The van der Waals surface area contributed by atoms with Gasteiger partial charge >= 0.3 is 0 Å². The van der Waals surface area contributed by atoms with Gasteiger partial charge in [0.2, 0.25) is 0 Å². The maximum atomic E-state index is 13.4. The summed E-state index contributed by atoms with van der Waals surface area (Å²) in [6.07, 6.45) is 0. The molecule has 0 unspecified atom stereocenters. The molecule has 0 heterocycles. The lowest BCUT2D eigenvalue weighted by atomic mass is 10.0. The van der Waals surface area contributed by atoms with Gasteiger partial charge in [-0.05, 0) is 30.7 Å². The fraction of sp³-hybridized carbons (Fsp3) is 0.0714. The molecule has 19 heavy (non-hydrogen) atoms. The highest BCUT2D eigenvalue weighted by Crippen LogP contribution is 2.23. The Bertz CT molecular complexity index is 668. The van der Waals surface area contributed by atoms with Crippen molar-refractivity contribution in [1.82, 2.24) is 0 Å². The molecule has 0 radical (unpaired) electrons. The van der Waals surface area contributed by atoms with Crippen molar-refractivity contribution in [3.8, 4) is 0 Å². The maximum absolute atomic E-state index is 13.4. The summed E-state index contributed by atoms with van der Waals surface area (Å²) < 4.78 is 39.4. The molecular formula is C14H8ClF3O. The molecule has 0 atom stereocenters. The number of halogens is 4. The first kappa shape index (κ1) is 13.6. The van der Waals surface area contributed by atoms with Crippen LogP contribution < -0.4 is 0 Å². The van der Waals surface area contributed by atoms with Crippen LogP contribution in [0.3, 0.4) is 0 Å². The zero-order chi connectivity index (χ0) is 14.2. The monoisotopic (exact) mass is 284 g/mol. The van der Waals surface area contributed by atoms with Crippen LogP contribution in [0.25, 0.3) is 0 Å². The first-order valence-electron chi connectivity index (χ1n) is 5.35. The molecule has 98 valence electrons. The van der Waals surface area contributed by atoms with Crippen LogP contribution in [0.15, 0.2) is 30.3 Å². The molecule has 2 rings (SSSR count). The molecule has 0 saturated heterocycles. The van der Waals surface area contributed by atoms with E-state index in [0.29, 0.717) is 17.7 Å². The van der Waals surface area contributed by atoms with E-state index in [1.807, 2.05) is 0 Å². The normalized spacial score (nSPS) is 10.6. The lowest BCUT2D eigenvalue weighted by Gasteiger charge is -2.06. The Kier molecular flexibility index (Phi) is 3.62. The molecule has 0 amide bonds. The maximum Gasteiger partial charge on any atom is 0.194 e. The van der Waals surface area contributed by atoms with Crippen LogP contribution >= 0.6 is 11.6 Å². The number of ketones is 1. The molecular weight excluding hydrogens is 277 g/mol. The zero-order valence-corrected chi connectivity index (χ0v) is 10.6. The highest BCUT2D eigenvalue weighted by Gasteiger charge is 2.17. The Morgan fingerprint density at radius 2 is 1.63 bits per heavy atom. The topological polar surface area (TPSA) is 17.1 Å². The van der Waals surface area contributed by atoms with Gasteiger partial charge in [0.25, 0.3) is 0 Å². The van der Waals surface area contributed by atoms with Crippen LogP contribution in [-0.4, -0.2) is 5.78 Å². The number of rotatable bonds is 2. The minimum atomic E-state index is -1.18. The quantitative estimate of drug-likeness (QED) is 0.594. The molecule has 2 aromatic carbocycles. The van der Waals surface area contributed by atoms with Gasteiger partial charge in [-0.1, -0.05) is 23.7 Å². The van der Waals surface area contributed by atoms with Crippen LogP contribution in [0.1, 0.15) is 21.5 Å². The van der Waals surface area contributed by atoms with Crippen molar-refractivity contribution in [3.63, 3.8) is 0 Å². The number of hydrogen-bond acceptors (Lipinski definition) is 1. The molecule has 1 nitrogen and oxygen atoms in total. The summed E-state index contributed by atoms with van der Waals surface area (Å²) in [5.74, 6) is -3.54. The van der Waals surface area contributed by atoms with Crippen molar-refractivity contribution in [2.75, 3.05) is 0 Å². The van der Waals surface area contributed by atoms with Gasteiger partial charge in [-0.15, -0.1) is 0 Å². The first-order chi connectivity index (χ1) is 8.90. The number of aryl methyl sites for hydroxylation is 1. The van der Waals surface area contributed by atoms with Gasteiger partial charge in [-0.3, -0.25) is 4.79 Å². The zero-order valence-electron chi connectivity index (χ0n) is 9.81. The molecule has 0 saturated carbocycles. The standard InChI is InChI=1S/C14H8ClF3O/c1-7-2-3-8(4-11(7)16)14(19)9-5-12(17)13(18)6-10(9)15/h2-6H,1H3. The van der Waals surface area contributed by atoms with Gasteiger partial charge in [0.15, 0.2) is 17.4 Å². The van der Waals surface area contributed by atoms with Crippen molar-refractivity contribution in [3.05, 3.63) is 69.5 Å². The van der Waals surface area contributed by atoms with Gasteiger partial charge in [-0.2, -0.15) is 0 Å². The summed E-state index contributed by atoms with van der Waals surface area (Å²) in [7, 11) is 0. The van der Waals surface area contributed by atoms with E-state index in [1.54, 1.807) is 6.92 Å². The second-order valence-corrected chi connectivity index (χ2v) is 4.45. The van der Waals surface area contributed by atoms with Crippen LogP contribution in [-0.2, 0) is 0 Å². The SMILES string of the molecule is Cc1ccc(C(=O)c2cc(F)c(F)cc2Cl)cc1F. The minimum absolute atomic E-state index is 0.0241. The molecule has 2 aromatic rings. The van der Waals surface area contributed by atoms with Crippen LogP contribution in [0.4, 0.5) is 13.2 Å². The van der Waals surface area contributed by atoms with E-state index >= 15 is 0 Å². The molecule has 0 bridgehead atoms. The molecule has 0 aliphatic heterocycles. The predicted molar refractivity (Wildman–Crippen MR) is 65.9 cm³/mol. The van der Waals surface area contributed by atoms with Crippen LogP contribution in [0, 0.1) is 24.4 Å². The van der Waals surface area contributed by atoms with Gasteiger partial charge in [0.1, 0.15) is 5.82 Å². The fourth-order valence-electron chi connectivity index (χ4n) is 1.59. The minimum Gasteiger partial charge on any atom is -0.289 e. The Balaban J connectivity index is 2.49. The Morgan fingerprint density at radius 3 is 2.26 bits per heavy atom. The van der Waals surface area contributed by atoms with E-state index < -0.39 is 23.2 Å². The lowest BCUT2D eigenvalue weighted by molar-refractivity contribution is 0.103. The van der Waals surface area contributed by atoms with E-state index in [2.05, 4.69) is 0 Å². The molecule has 0 aromatic heterocycles. The second-order valence-electron chi connectivity index (χ2n) is 4.04. The summed E-state index contributed by atoms with van der Waals surface area (Å²) in [6.45, 7) is 1.55. The number of carbonyl (C=O) groups is 1. The average Bonchev–Trinajstić information content (AvgIpc) is 2.36. The highest BCUT2D eigenvalue weighted by atomic mass is 35.5. The largest absolute Gasteiger partial charge is 0.289 e. The number of carbonyl (C=O) groups excluding carboxylic acids is 1. The van der Waals surface area contributed by atoms with Crippen molar-refractivity contribution >= 4 is 17.4 Å². The molecule has 0 N–H and O–H groups in total. The molecule has 0 spiro atoms. The smallest absolute Gasteiger partial charge is 0.194 e. The third-order valence-electron chi connectivity index (χ3n) is 2.69. The van der Waals surface area contributed by atoms with Crippen molar-refractivity contribution in [2.45, 2.75) is 6.92 Å². The number of hydrogen-bond donors (Lipinski definition) is 0. The fourth-order valence-corrected chi connectivity index (χ4v) is 1.82. The summed E-state index contributed by atoms with van der Waals surface area (Å²) in [4.78, 5) is 12.1. The molecule has 5 heteroatoms. The van der Waals surface area contributed by atoms with Crippen LogP contribution in [0.5, 0.6) is 0 Å². The Hall–Kier alpha value is -1.81. The van der Waals surface area contributed by atoms with E-state index in [0.717, 1.165) is 6.07 Å². The molecule has 0 aliphatic carbocycles. The summed E-state index contributed by atoms with van der Waals surface area (Å²) in [5, 5.41) is -0.218. The van der Waals surface area contributed by atoms with E-state index in [4.69, 9.17) is 11.6 Å². The van der Waals surface area contributed by atoms with Gasteiger partial charge in [-0.25, -0.2) is 13.2 Å². The first-order valence-corrected chi connectivity index (χ1v) is 5.73. The third kappa shape index (κ3) is 2.63. The van der Waals surface area contributed by atoms with Crippen LogP contribution in [0.2, 0.25) is 5.02 Å². The van der Waals surface area contributed by atoms with Gasteiger partial charge in [0, 0.05) is 11.1 Å². The van der Waals surface area contributed by atoms with Crippen molar-refractivity contribution < 1.29 is 18.0 Å². The van der Waals surface area contributed by atoms with E-state index in [9.17, 15) is 18.0 Å². The van der Waals surface area contributed by atoms with Crippen molar-refractivity contribution in [2.24, 2.45) is 0 Å². The Morgan fingerprint density at radius 1 is 1.00 bits per heavy atom. The number of benzene rings is 2. The van der Waals surface area contributed by atoms with Gasteiger partial charge < -0.3 is 0 Å². The van der Waals surface area contributed by atoms with E-state index in [1.165, 1.54) is 12.1 Å². The predicted octanol–water partition coefficient (Wildman–Crippen LogP) is 4.30. The second kappa shape index (κ2) is 5.05. The molecule has 0 aliphatic rings. The summed E-state index contributed by atoms with van der Waals surface area (Å²) in [6, 6.07) is 5.29. The molecule has 0 fully saturated rings. The van der Waals surface area contributed by atoms with Crippen molar-refractivity contribution in [1.29, 1.82) is 0 Å². The average molecular weight is 285 g/mol.